The molecular formula is C16H15Br2N3O2. The molecular weight excluding hydrogens is 426 g/mol. The van der Waals surface area contributed by atoms with Crippen molar-refractivity contribution in [1.82, 2.24) is 15.3 Å². The number of aromatic nitrogens is 2. The summed E-state index contributed by atoms with van der Waals surface area (Å²) in [4.78, 5) is 18.3. The van der Waals surface area contributed by atoms with E-state index in [0.717, 1.165) is 37.7 Å². The number of rotatable bonds is 5. The number of fused-ring (bicyclic) bond motifs is 1. The van der Waals surface area contributed by atoms with E-state index in [4.69, 9.17) is 4.74 Å². The van der Waals surface area contributed by atoms with Crippen LogP contribution in [0.3, 0.4) is 0 Å². The van der Waals surface area contributed by atoms with Crippen molar-refractivity contribution in [2.45, 2.75) is 6.42 Å². The van der Waals surface area contributed by atoms with Crippen LogP contribution in [0.1, 0.15) is 16.1 Å². The van der Waals surface area contributed by atoms with Crippen molar-refractivity contribution in [3.8, 4) is 5.75 Å². The molecule has 3 N–H and O–H groups in total. The van der Waals surface area contributed by atoms with E-state index in [0.29, 0.717) is 12.2 Å². The molecule has 0 aliphatic carbocycles. The Labute approximate surface area is 150 Å². The fourth-order valence-corrected chi connectivity index (χ4v) is 3.08. The number of halogens is 2. The van der Waals surface area contributed by atoms with Crippen LogP contribution in [0.15, 0.2) is 39.5 Å². The third-order valence-corrected chi connectivity index (χ3v) is 5.41. The Bertz CT molecular complexity index is 835. The van der Waals surface area contributed by atoms with E-state index in [1.165, 1.54) is 0 Å². The molecule has 5 nitrogen and oxygen atoms in total. The van der Waals surface area contributed by atoms with E-state index in [1.54, 1.807) is 13.2 Å². The molecule has 1 aromatic carbocycles. The fourth-order valence-electron chi connectivity index (χ4n) is 2.42. The minimum atomic E-state index is -0.131. The third-order valence-electron chi connectivity index (χ3n) is 3.62. The number of aromatic amines is 2. The van der Waals surface area contributed by atoms with E-state index in [2.05, 4.69) is 47.1 Å². The normalized spacial score (nSPS) is 10.9. The molecule has 0 radical (unpaired) electrons. The molecule has 0 aliphatic rings. The minimum absolute atomic E-state index is 0.131. The second-order valence-corrected chi connectivity index (χ2v) is 6.72. The molecule has 23 heavy (non-hydrogen) atoms. The fraction of sp³-hybridized carbons (Fsp3) is 0.188. The van der Waals surface area contributed by atoms with Crippen LogP contribution in [0, 0.1) is 0 Å². The van der Waals surface area contributed by atoms with Gasteiger partial charge in [-0.3, -0.25) is 4.79 Å². The first-order valence-corrected chi connectivity index (χ1v) is 8.63. The summed E-state index contributed by atoms with van der Waals surface area (Å²) in [6.45, 7) is 0.553. The van der Waals surface area contributed by atoms with Gasteiger partial charge in [0.05, 0.1) is 16.2 Å². The smallest absolute Gasteiger partial charge is 0.267 e. The van der Waals surface area contributed by atoms with Crippen LogP contribution in [-0.4, -0.2) is 29.5 Å². The summed E-state index contributed by atoms with van der Waals surface area (Å²) in [5.41, 5.74) is 2.72. The van der Waals surface area contributed by atoms with Crippen LogP contribution < -0.4 is 10.1 Å². The number of hydrogen-bond donors (Lipinski definition) is 3. The zero-order valence-electron chi connectivity index (χ0n) is 12.4. The van der Waals surface area contributed by atoms with Crippen molar-refractivity contribution in [3.05, 3.63) is 50.8 Å². The summed E-state index contributed by atoms with van der Waals surface area (Å²) < 4.78 is 6.85. The molecule has 2 aromatic heterocycles. The lowest BCUT2D eigenvalue weighted by Crippen LogP contribution is -2.25. The zero-order valence-corrected chi connectivity index (χ0v) is 15.5. The maximum atomic E-state index is 12.1. The Morgan fingerprint density at radius 1 is 1.30 bits per heavy atom. The molecule has 0 spiro atoms. The number of benzene rings is 1. The number of methoxy groups -OCH3 is 1. The molecule has 0 bridgehead atoms. The Morgan fingerprint density at radius 2 is 2.13 bits per heavy atom. The number of amides is 1. The highest BCUT2D eigenvalue weighted by Crippen LogP contribution is 2.24. The Hall–Kier alpha value is -1.73. The highest BCUT2D eigenvalue weighted by Gasteiger charge is 2.11. The Balaban J connectivity index is 1.65. The van der Waals surface area contributed by atoms with Gasteiger partial charge in [-0.25, -0.2) is 0 Å². The third kappa shape index (κ3) is 3.45. The van der Waals surface area contributed by atoms with Gasteiger partial charge < -0.3 is 20.0 Å². The van der Waals surface area contributed by atoms with Crippen molar-refractivity contribution >= 4 is 48.7 Å². The highest BCUT2D eigenvalue weighted by atomic mass is 79.9. The summed E-state index contributed by atoms with van der Waals surface area (Å²) in [6.07, 6.45) is 2.71. The Morgan fingerprint density at radius 3 is 2.83 bits per heavy atom. The van der Waals surface area contributed by atoms with E-state index in [-0.39, 0.29) is 5.91 Å². The van der Waals surface area contributed by atoms with Crippen molar-refractivity contribution in [2.75, 3.05) is 13.7 Å². The molecule has 0 unspecified atom stereocenters. The van der Waals surface area contributed by atoms with Gasteiger partial charge in [0.1, 0.15) is 11.4 Å². The summed E-state index contributed by atoms with van der Waals surface area (Å²) in [5.74, 6) is 0.692. The number of ether oxygens (including phenoxy) is 1. The number of carbonyl (C=O) groups is 1. The molecule has 3 rings (SSSR count). The first-order chi connectivity index (χ1) is 11.1. The van der Waals surface area contributed by atoms with Gasteiger partial charge in [-0.05, 0) is 68.1 Å². The van der Waals surface area contributed by atoms with Crippen molar-refractivity contribution in [3.63, 3.8) is 0 Å². The minimum Gasteiger partial charge on any atom is -0.497 e. The average molecular weight is 441 g/mol. The van der Waals surface area contributed by atoms with Crippen molar-refractivity contribution in [1.29, 1.82) is 0 Å². The molecule has 1 amide bonds. The Kier molecular flexibility index (Phi) is 4.77. The molecule has 0 saturated carbocycles. The molecule has 7 heteroatoms. The molecule has 0 saturated heterocycles. The van der Waals surface area contributed by atoms with Gasteiger partial charge >= 0.3 is 0 Å². The van der Waals surface area contributed by atoms with Crippen LogP contribution in [0.25, 0.3) is 10.9 Å². The molecule has 3 aromatic rings. The molecule has 0 fully saturated rings. The van der Waals surface area contributed by atoms with Crippen molar-refractivity contribution < 1.29 is 9.53 Å². The SMILES string of the molecule is COc1ccc2[nH]cc(CCNC(=O)c3cc(Br)c(Br)[nH]3)c2c1. The van der Waals surface area contributed by atoms with Crippen LogP contribution in [0.2, 0.25) is 0 Å². The van der Waals surface area contributed by atoms with Crippen LogP contribution in [-0.2, 0) is 6.42 Å². The van der Waals surface area contributed by atoms with Gasteiger partial charge in [-0.15, -0.1) is 0 Å². The monoisotopic (exact) mass is 439 g/mol. The molecule has 2 heterocycles. The van der Waals surface area contributed by atoms with Crippen LogP contribution >= 0.6 is 31.9 Å². The summed E-state index contributed by atoms with van der Waals surface area (Å²) in [5, 5.41) is 4.03. The quantitative estimate of drug-likeness (QED) is 0.561. The second kappa shape index (κ2) is 6.80. The van der Waals surface area contributed by atoms with E-state index < -0.39 is 0 Å². The first kappa shape index (κ1) is 16.1. The van der Waals surface area contributed by atoms with Gasteiger partial charge in [0.2, 0.25) is 0 Å². The lowest BCUT2D eigenvalue weighted by Gasteiger charge is -2.04. The van der Waals surface area contributed by atoms with Crippen LogP contribution in [0.5, 0.6) is 5.75 Å². The molecule has 0 aliphatic heterocycles. The number of H-pyrrole nitrogens is 2. The van der Waals surface area contributed by atoms with Gasteiger partial charge in [0, 0.05) is 23.6 Å². The van der Waals surface area contributed by atoms with Gasteiger partial charge in [-0.1, -0.05) is 0 Å². The number of carbonyl (C=O) groups excluding carboxylic acids is 1. The second-order valence-electron chi connectivity index (χ2n) is 5.08. The standard InChI is InChI=1S/C16H15Br2N3O2/c1-23-10-2-3-13-11(6-10)9(8-20-13)4-5-19-16(22)14-7-12(17)15(18)21-14/h2-3,6-8,20-21H,4-5H2,1H3,(H,19,22). The van der Waals surface area contributed by atoms with Gasteiger partial charge in [0.25, 0.3) is 5.91 Å². The molecule has 120 valence electrons. The van der Waals surface area contributed by atoms with E-state index >= 15 is 0 Å². The topological polar surface area (TPSA) is 69.9 Å². The maximum absolute atomic E-state index is 12.1. The number of hydrogen-bond acceptors (Lipinski definition) is 2. The van der Waals surface area contributed by atoms with Crippen molar-refractivity contribution in [2.24, 2.45) is 0 Å². The lowest BCUT2D eigenvalue weighted by molar-refractivity contribution is 0.0949. The van der Waals surface area contributed by atoms with E-state index in [9.17, 15) is 4.79 Å². The predicted octanol–water partition coefficient (Wildman–Crippen LogP) is 4.00. The maximum Gasteiger partial charge on any atom is 0.267 e. The summed E-state index contributed by atoms with van der Waals surface area (Å²) in [7, 11) is 1.65. The highest BCUT2D eigenvalue weighted by molar-refractivity contribution is 9.13. The number of nitrogens with one attached hydrogen (secondary N) is 3. The summed E-state index contributed by atoms with van der Waals surface area (Å²) in [6, 6.07) is 7.66. The molecule has 0 atom stereocenters. The van der Waals surface area contributed by atoms with Crippen LogP contribution in [0.4, 0.5) is 0 Å². The lowest BCUT2D eigenvalue weighted by atomic mass is 10.1. The average Bonchev–Trinajstić information content (AvgIpc) is 3.10. The van der Waals surface area contributed by atoms with E-state index in [1.807, 2.05) is 24.4 Å². The zero-order chi connectivity index (χ0) is 16.4. The predicted molar refractivity (Wildman–Crippen MR) is 97.1 cm³/mol. The summed E-state index contributed by atoms with van der Waals surface area (Å²) >= 11 is 6.68. The van der Waals surface area contributed by atoms with Gasteiger partial charge in [-0.2, -0.15) is 0 Å². The van der Waals surface area contributed by atoms with Gasteiger partial charge in [0.15, 0.2) is 0 Å². The first-order valence-electron chi connectivity index (χ1n) is 7.04. The largest absolute Gasteiger partial charge is 0.497 e.